The second kappa shape index (κ2) is 15.0. The summed E-state index contributed by atoms with van der Waals surface area (Å²) in [6.45, 7) is 3.12. The van der Waals surface area contributed by atoms with Gasteiger partial charge in [-0.2, -0.15) is 0 Å². The van der Waals surface area contributed by atoms with Gasteiger partial charge in [0.2, 0.25) is 0 Å². The number of aryl methyl sites for hydroxylation is 2. The molecular weight excluding hydrogens is 706 g/mol. The number of imidazole rings is 2. The summed E-state index contributed by atoms with van der Waals surface area (Å²) in [5.41, 5.74) is 11.6. The molecule has 2 amide bonds. The monoisotopic (exact) mass is 740 g/mol. The first-order valence-electron chi connectivity index (χ1n) is 16.6. The number of nitrogens with zero attached hydrogens (tertiary/aromatic N) is 4. The van der Waals surface area contributed by atoms with Crippen molar-refractivity contribution in [3.63, 3.8) is 0 Å². The number of carbonyl (C=O) groups excluding carboxylic acids is 4. The highest BCUT2D eigenvalue weighted by Gasteiger charge is 2.29. The van der Waals surface area contributed by atoms with Crippen molar-refractivity contribution in [2.45, 2.75) is 26.9 Å². The van der Waals surface area contributed by atoms with Crippen LogP contribution in [-0.4, -0.2) is 70.3 Å². The van der Waals surface area contributed by atoms with Gasteiger partial charge in [-0.05, 0) is 62.4 Å². The fraction of sp³-hybridized carbons (Fsp3) is 0.211. The van der Waals surface area contributed by atoms with E-state index in [1.54, 1.807) is 35.1 Å². The minimum atomic E-state index is -0.804. The summed E-state index contributed by atoms with van der Waals surface area (Å²) in [4.78, 5) is 60.4. The van der Waals surface area contributed by atoms with Crippen LogP contribution in [0.2, 0.25) is 0 Å². The molecule has 0 radical (unpaired) electrons. The molecule has 0 spiro atoms. The number of methoxy groups -OCH3 is 2. The number of esters is 2. The molecule has 6 rings (SSSR count). The van der Waals surface area contributed by atoms with Crippen LogP contribution < -0.4 is 20.9 Å². The van der Waals surface area contributed by atoms with Crippen LogP contribution in [0.25, 0.3) is 44.8 Å². The first-order chi connectivity index (χ1) is 26.0. The van der Waals surface area contributed by atoms with Crippen molar-refractivity contribution < 1.29 is 46.9 Å². The molecule has 0 bridgehead atoms. The third kappa shape index (κ3) is 6.31. The zero-order chi connectivity index (χ0) is 38.8. The molecule has 0 unspecified atom stereocenters. The third-order valence-electron chi connectivity index (χ3n) is 8.70. The van der Waals surface area contributed by atoms with E-state index in [0.29, 0.717) is 11.0 Å². The molecule has 2 aromatic heterocycles. The highest BCUT2D eigenvalue weighted by atomic mass is 19.1. The van der Waals surface area contributed by atoms with Crippen molar-refractivity contribution in [2.24, 2.45) is 11.5 Å². The first-order valence-corrected chi connectivity index (χ1v) is 16.6. The van der Waals surface area contributed by atoms with Gasteiger partial charge in [-0.25, -0.2) is 28.3 Å². The Bertz CT molecular complexity index is 2320. The van der Waals surface area contributed by atoms with E-state index >= 15 is 8.78 Å². The van der Waals surface area contributed by atoms with E-state index in [1.165, 1.54) is 50.6 Å². The van der Waals surface area contributed by atoms with E-state index in [4.69, 9.17) is 40.4 Å². The zero-order valence-electron chi connectivity index (χ0n) is 29.6. The number of carbonyl (C=O) groups is 4. The molecule has 0 aliphatic carbocycles. The Kier molecular flexibility index (Phi) is 10.3. The van der Waals surface area contributed by atoms with Crippen LogP contribution in [0.4, 0.5) is 8.78 Å². The van der Waals surface area contributed by atoms with E-state index < -0.39 is 35.4 Å². The van der Waals surface area contributed by atoms with Gasteiger partial charge in [-0.15, -0.1) is 0 Å². The quantitative estimate of drug-likeness (QED) is 0.148. The molecule has 6 aromatic rings. The molecule has 0 fully saturated rings. The maximum atomic E-state index is 15.9. The number of fused-ring (bicyclic) bond motifs is 2. The molecule has 4 aromatic carbocycles. The molecule has 4 N–H and O–H groups in total. The van der Waals surface area contributed by atoms with Crippen LogP contribution >= 0.6 is 0 Å². The summed E-state index contributed by atoms with van der Waals surface area (Å²) < 4.78 is 56.6. The van der Waals surface area contributed by atoms with Crippen LogP contribution in [-0.2, 0) is 22.6 Å². The lowest BCUT2D eigenvalue weighted by atomic mass is 10.1. The Morgan fingerprint density at radius 3 is 1.33 bits per heavy atom. The zero-order valence-corrected chi connectivity index (χ0v) is 29.6. The Hall–Kier alpha value is -6.84. The van der Waals surface area contributed by atoms with Gasteiger partial charge in [0.1, 0.15) is 34.3 Å². The first kappa shape index (κ1) is 36.9. The number of rotatable bonds is 13. The summed E-state index contributed by atoms with van der Waals surface area (Å²) in [7, 11) is 2.64. The fourth-order valence-corrected chi connectivity index (χ4v) is 6.43. The van der Waals surface area contributed by atoms with Gasteiger partial charge in [-0.1, -0.05) is 12.1 Å². The number of hydrogen-bond acceptors (Lipinski definition) is 10. The standard InChI is InChI=1S/C38H34F2N6O8/c1-5-53-37(49)19-9-7-11-23(39)27(19)35-43-29-25(15-13-21(33(41)47)31(29)51-3)45(35)17-18-46-26-16-14-22(34(42)48)32(52-4)30(26)44-36(46)28-20(38(50)54-6-2)10-8-12-24(28)40/h7-16H,5-6,17-18H2,1-4H3,(H2,41,47)(H2,42,48). The smallest absolute Gasteiger partial charge is 0.338 e. The van der Waals surface area contributed by atoms with Crippen LogP contribution in [0.3, 0.4) is 0 Å². The molecule has 0 saturated heterocycles. The minimum Gasteiger partial charge on any atom is -0.494 e. The SMILES string of the molecule is CCOC(=O)c1cccc(F)c1-c1nc2c(OC)c(C(N)=O)ccc2n1CCn1c(-c2c(F)cccc2C(=O)OCC)nc2c(OC)c(C(N)=O)ccc21. The lowest BCUT2D eigenvalue weighted by molar-refractivity contribution is 0.0517. The predicted molar refractivity (Wildman–Crippen MR) is 192 cm³/mol. The maximum absolute atomic E-state index is 15.9. The van der Waals surface area contributed by atoms with Crippen LogP contribution in [0.5, 0.6) is 11.5 Å². The average Bonchev–Trinajstić information content (AvgIpc) is 3.70. The van der Waals surface area contributed by atoms with Crippen LogP contribution in [0, 0.1) is 11.6 Å². The van der Waals surface area contributed by atoms with Crippen molar-refractivity contribution in [3.8, 4) is 34.3 Å². The Morgan fingerprint density at radius 2 is 1.00 bits per heavy atom. The largest absolute Gasteiger partial charge is 0.494 e. The highest BCUT2D eigenvalue weighted by Crippen LogP contribution is 2.38. The lowest BCUT2D eigenvalue weighted by Crippen LogP contribution is -2.15. The second-order valence-corrected chi connectivity index (χ2v) is 11.7. The third-order valence-corrected chi connectivity index (χ3v) is 8.70. The number of ether oxygens (including phenoxy) is 4. The van der Waals surface area contributed by atoms with Gasteiger partial charge in [0.05, 0.1) is 71.8 Å². The van der Waals surface area contributed by atoms with Gasteiger partial charge in [0.15, 0.2) is 11.5 Å². The number of primary amides is 2. The van der Waals surface area contributed by atoms with E-state index in [-0.39, 0.29) is 93.9 Å². The summed E-state index contributed by atoms with van der Waals surface area (Å²) in [6.07, 6.45) is 0. The van der Waals surface area contributed by atoms with Gasteiger partial charge in [0, 0.05) is 13.1 Å². The summed E-state index contributed by atoms with van der Waals surface area (Å²) in [5, 5.41) is 0. The summed E-state index contributed by atoms with van der Waals surface area (Å²) >= 11 is 0. The van der Waals surface area contributed by atoms with Crippen molar-refractivity contribution in [3.05, 3.63) is 94.6 Å². The number of aromatic nitrogens is 4. The second-order valence-electron chi connectivity index (χ2n) is 11.7. The molecule has 16 heteroatoms. The number of hydrogen-bond donors (Lipinski definition) is 2. The molecule has 2 heterocycles. The fourth-order valence-electron chi connectivity index (χ4n) is 6.43. The van der Waals surface area contributed by atoms with Crippen molar-refractivity contribution in [2.75, 3.05) is 27.4 Å². The number of benzene rings is 4. The van der Waals surface area contributed by atoms with Gasteiger partial charge in [-0.3, -0.25) is 9.59 Å². The van der Waals surface area contributed by atoms with E-state index in [0.717, 1.165) is 12.1 Å². The molecule has 278 valence electrons. The summed E-state index contributed by atoms with van der Waals surface area (Å²) in [5.74, 6) is -4.86. The Labute approximate surface area is 306 Å². The van der Waals surface area contributed by atoms with Crippen molar-refractivity contribution >= 4 is 45.8 Å². The number of nitrogens with two attached hydrogens (primary N) is 2. The number of halogens is 2. The minimum absolute atomic E-state index is 0.00615. The van der Waals surface area contributed by atoms with E-state index in [9.17, 15) is 19.2 Å². The Balaban J connectivity index is 1.64. The molecule has 14 nitrogen and oxygen atoms in total. The molecule has 0 aliphatic rings. The molecule has 0 saturated carbocycles. The van der Waals surface area contributed by atoms with E-state index in [1.807, 2.05) is 0 Å². The van der Waals surface area contributed by atoms with Crippen LogP contribution in [0.15, 0.2) is 60.7 Å². The van der Waals surface area contributed by atoms with Gasteiger partial charge in [0.25, 0.3) is 11.8 Å². The molecule has 54 heavy (non-hydrogen) atoms. The summed E-state index contributed by atoms with van der Waals surface area (Å²) in [6, 6.07) is 13.8. The van der Waals surface area contributed by atoms with Crippen LogP contribution in [0.1, 0.15) is 55.3 Å². The molecule has 0 atom stereocenters. The normalized spacial score (nSPS) is 11.1. The Morgan fingerprint density at radius 1 is 0.611 bits per heavy atom. The van der Waals surface area contributed by atoms with Gasteiger partial charge < -0.3 is 39.5 Å². The predicted octanol–water partition coefficient (Wildman–Crippen LogP) is 5.27. The maximum Gasteiger partial charge on any atom is 0.338 e. The van der Waals surface area contributed by atoms with Crippen molar-refractivity contribution in [1.29, 1.82) is 0 Å². The van der Waals surface area contributed by atoms with Gasteiger partial charge >= 0.3 is 11.9 Å². The van der Waals surface area contributed by atoms with Crippen molar-refractivity contribution in [1.82, 2.24) is 19.1 Å². The average molecular weight is 741 g/mol. The lowest BCUT2D eigenvalue weighted by Gasteiger charge is -2.16. The molecule has 0 aliphatic heterocycles. The molecular formula is C38H34F2N6O8. The highest BCUT2D eigenvalue weighted by molar-refractivity contribution is 6.04. The van der Waals surface area contributed by atoms with E-state index in [2.05, 4.69) is 0 Å². The number of amides is 2. The topological polar surface area (TPSA) is 193 Å².